The highest BCUT2D eigenvalue weighted by Gasteiger charge is 2.11. The molecule has 124 valence electrons. The molecular formula is C17H19N5OS. The molecular weight excluding hydrogens is 322 g/mol. The number of hydrogen-bond donors (Lipinski definition) is 0. The van der Waals surface area contributed by atoms with E-state index in [1.807, 2.05) is 66.1 Å². The van der Waals surface area contributed by atoms with Crippen LogP contribution in [0, 0.1) is 0 Å². The lowest BCUT2D eigenvalue weighted by Gasteiger charge is -2.17. The third-order valence-electron chi connectivity index (χ3n) is 3.65. The van der Waals surface area contributed by atoms with Crippen LogP contribution in [0.15, 0.2) is 60.3 Å². The molecule has 0 radical (unpaired) electrons. The lowest BCUT2D eigenvalue weighted by molar-refractivity contribution is -0.127. The zero-order valence-electron chi connectivity index (χ0n) is 13.7. The molecule has 3 rings (SSSR count). The fraction of sp³-hybridized carbons (Fsp3) is 0.235. The van der Waals surface area contributed by atoms with Crippen LogP contribution < -0.4 is 0 Å². The molecule has 0 bridgehead atoms. The monoisotopic (exact) mass is 341 g/mol. The minimum absolute atomic E-state index is 0.0825. The molecule has 0 atom stereocenters. The van der Waals surface area contributed by atoms with Gasteiger partial charge in [0, 0.05) is 45.4 Å². The smallest absolute Gasteiger partial charge is 0.233 e. The second-order valence-corrected chi connectivity index (χ2v) is 6.42. The van der Waals surface area contributed by atoms with Gasteiger partial charge in [-0.15, -0.1) is 0 Å². The van der Waals surface area contributed by atoms with Crippen LogP contribution in [0.5, 0.6) is 0 Å². The molecule has 0 fully saturated rings. The molecule has 0 saturated heterocycles. The Morgan fingerprint density at radius 3 is 2.62 bits per heavy atom. The summed E-state index contributed by atoms with van der Waals surface area (Å²) in [5.74, 6) is 0.464. The molecule has 0 aliphatic rings. The fourth-order valence-corrected chi connectivity index (χ4v) is 3.14. The van der Waals surface area contributed by atoms with Crippen molar-refractivity contribution in [2.75, 3.05) is 12.8 Å². The number of benzene rings is 1. The number of hydrogen-bond acceptors (Lipinski definition) is 4. The van der Waals surface area contributed by atoms with Crippen molar-refractivity contribution in [1.82, 2.24) is 24.2 Å². The first-order valence-electron chi connectivity index (χ1n) is 7.56. The fourth-order valence-electron chi connectivity index (χ4n) is 2.27. The molecule has 3 aromatic rings. The van der Waals surface area contributed by atoms with Crippen LogP contribution in [-0.4, -0.2) is 42.9 Å². The summed E-state index contributed by atoms with van der Waals surface area (Å²) in [5, 5.41) is 5.05. The Morgan fingerprint density at radius 1 is 1.21 bits per heavy atom. The van der Waals surface area contributed by atoms with E-state index >= 15 is 0 Å². The predicted octanol–water partition coefficient (Wildman–Crippen LogP) is 2.36. The average Bonchev–Trinajstić information content (AvgIpc) is 3.25. The van der Waals surface area contributed by atoms with Gasteiger partial charge in [0.1, 0.15) is 0 Å². The largest absolute Gasteiger partial charge is 0.341 e. The summed E-state index contributed by atoms with van der Waals surface area (Å²) in [7, 11) is 3.74. The van der Waals surface area contributed by atoms with Crippen LogP contribution in [0.2, 0.25) is 0 Å². The summed E-state index contributed by atoms with van der Waals surface area (Å²) >= 11 is 1.45. The number of rotatable bonds is 6. The Bertz CT molecular complexity index is 795. The standard InChI is InChI=1S/C17H19N5OS/c1-20-11-9-18-17(20)24-13-16(23)21(2)12-14-4-6-15(7-5-14)22-10-3-8-19-22/h3-11H,12-13H2,1-2H3. The van der Waals surface area contributed by atoms with Crippen molar-refractivity contribution < 1.29 is 4.79 Å². The number of imidazole rings is 1. The molecule has 0 N–H and O–H groups in total. The van der Waals surface area contributed by atoms with Crippen LogP contribution in [0.25, 0.3) is 5.69 Å². The van der Waals surface area contributed by atoms with E-state index in [4.69, 9.17) is 0 Å². The summed E-state index contributed by atoms with van der Waals surface area (Å²) in [6.45, 7) is 0.583. The van der Waals surface area contributed by atoms with Crippen LogP contribution in [0.1, 0.15) is 5.56 Å². The Balaban J connectivity index is 1.55. The van der Waals surface area contributed by atoms with Gasteiger partial charge in [-0.05, 0) is 23.8 Å². The van der Waals surface area contributed by atoms with Gasteiger partial charge < -0.3 is 9.47 Å². The lowest BCUT2D eigenvalue weighted by atomic mass is 10.2. The van der Waals surface area contributed by atoms with Crippen molar-refractivity contribution in [2.24, 2.45) is 7.05 Å². The van der Waals surface area contributed by atoms with Gasteiger partial charge in [0.15, 0.2) is 5.16 Å². The molecule has 2 aromatic heterocycles. The van der Waals surface area contributed by atoms with Crippen LogP contribution in [0.3, 0.4) is 0 Å². The van der Waals surface area contributed by atoms with Gasteiger partial charge >= 0.3 is 0 Å². The van der Waals surface area contributed by atoms with Gasteiger partial charge in [0.05, 0.1) is 11.4 Å². The van der Waals surface area contributed by atoms with Gasteiger partial charge in [0.2, 0.25) is 5.91 Å². The van der Waals surface area contributed by atoms with Gasteiger partial charge in [-0.2, -0.15) is 5.10 Å². The van der Waals surface area contributed by atoms with Crippen molar-refractivity contribution in [3.8, 4) is 5.69 Å². The molecule has 0 aliphatic carbocycles. The Morgan fingerprint density at radius 2 is 2.00 bits per heavy atom. The number of amides is 1. The summed E-state index contributed by atoms with van der Waals surface area (Å²) in [6.07, 6.45) is 7.26. The van der Waals surface area contributed by atoms with Crippen molar-refractivity contribution in [2.45, 2.75) is 11.7 Å². The highest BCUT2D eigenvalue weighted by molar-refractivity contribution is 7.99. The van der Waals surface area contributed by atoms with Crippen molar-refractivity contribution in [3.05, 3.63) is 60.7 Å². The Kier molecular flexibility index (Phi) is 5.00. The molecule has 24 heavy (non-hydrogen) atoms. The SMILES string of the molecule is CN(Cc1ccc(-n2cccn2)cc1)C(=O)CSc1nccn1C. The first kappa shape index (κ1) is 16.3. The van der Waals surface area contributed by atoms with E-state index in [1.165, 1.54) is 11.8 Å². The second kappa shape index (κ2) is 7.35. The third-order valence-corrected chi connectivity index (χ3v) is 4.70. The highest BCUT2D eigenvalue weighted by atomic mass is 32.2. The number of carbonyl (C=O) groups is 1. The number of carbonyl (C=O) groups excluding carboxylic acids is 1. The zero-order chi connectivity index (χ0) is 16.9. The van der Waals surface area contributed by atoms with E-state index in [2.05, 4.69) is 10.1 Å². The van der Waals surface area contributed by atoms with Gasteiger partial charge in [-0.1, -0.05) is 23.9 Å². The minimum Gasteiger partial charge on any atom is -0.341 e. The summed E-state index contributed by atoms with van der Waals surface area (Å²) in [4.78, 5) is 18.2. The zero-order valence-corrected chi connectivity index (χ0v) is 14.5. The molecule has 0 spiro atoms. The number of aromatic nitrogens is 4. The van der Waals surface area contributed by atoms with E-state index in [-0.39, 0.29) is 5.91 Å². The predicted molar refractivity (Wildman–Crippen MR) is 94.0 cm³/mol. The maximum Gasteiger partial charge on any atom is 0.233 e. The highest BCUT2D eigenvalue weighted by Crippen LogP contribution is 2.16. The number of thioether (sulfide) groups is 1. The van der Waals surface area contributed by atoms with Crippen LogP contribution >= 0.6 is 11.8 Å². The third kappa shape index (κ3) is 3.86. The lowest BCUT2D eigenvalue weighted by Crippen LogP contribution is -2.27. The first-order valence-corrected chi connectivity index (χ1v) is 8.55. The van der Waals surface area contributed by atoms with E-state index in [0.29, 0.717) is 12.3 Å². The normalized spacial score (nSPS) is 10.8. The molecule has 0 aliphatic heterocycles. The van der Waals surface area contributed by atoms with Crippen LogP contribution in [0.4, 0.5) is 0 Å². The molecule has 6 nitrogen and oxygen atoms in total. The average molecular weight is 341 g/mol. The summed E-state index contributed by atoms with van der Waals surface area (Å²) < 4.78 is 3.72. The van der Waals surface area contributed by atoms with E-state index in [9.17, 15) is 4.79 Å². The maximum atomic E-state index is 12.3. The summed E-state index contributed by atoms with van der Waals surface area (Å²) in [5.41, 5.74) is 2.09. The van der Waals surface area contributed by atoms with Crippen LogP contribution in [-0.2, 0) is 18.4 Å². The Hall–Kier alpha value is -2.54. The first-order chi connectivity index (χ1) is 11.6. The molecule has 1 amide bonds. The molecule has 1 aromatic carbocycles. The topological polar surface area (TPSA) is 56.0 Å². The number of aryl methyl sites for hydroxylation is 1. The van der Waals surface area contributed by atoms with Gasteiger partial charge in [-0.25, -0.2) is 9.67 Å². The van der Waals surface area contributed by atoms with Crippen molar-refractivity contribution in [3.63, 3.8) is 0 Å². The van der Waals surface area contributed by atoms with E-state index < -0.39 is 0 Å². The summed E-state index contributed by atoms with van der Waals surface area (Å²) in [6, 6.07) is 9.94. The molecule has 2 heterocycles. The van der Waals surface area contributed by atoms with E-state index in [1.54, 1.807) is 17.3 Å². The minimum atomic E-state index is 0.0825. The van der Waals surface area contributed by atoms with Crippen molar-refractivity contribution >= 4 is 17.7 Å². The van der Waals surface area contributed by atoms with Gasteiger partial charge in [-0.3, -0.25) is 4.79 Å². The van der Waals surface area contributed by atoms with Gasteiger partial charge in [0.25, 0.3) is 0 Å². The molecule has 0 saturated carbocycles. The van der Waals surface area contributed by atoms with E-state index in [0.717, 1.165) is 16.4 Å². The Labute approximate surface area is 145 Å². The molecule has 7 heteroatoms. The number of nitrogens with zero attached hydrogens (tertiary/aromatic N) is 5. The van der Waals surface area contributed by atoms with Crippen molar-refractivity contribution in [1.29, 1.82) is 0 Å². The quantitative estimate of drug-likeness (QED) is 0.646. The molecule has 0 unspecified atom stereocenters. The second-order valence-electron chi connectivity index (χ2n) is 5.48. The maximum absolute atomic E-state index is 12.3.